The third kappa shape index (κ3) is 6.81. The first-order valence-corrected chi connectivity index (χ1v) is 12.4. The van der Waals surface area contributed by atoms with Gasteiger partial charge in [-0.25, -0.2) is 4.98 Å². The van der Waals surface area contributed by atoms with Crippen LogP contribution in [0, 0.1) is 19.8 Å². The lowest BCUT2D eigenvalue weighted by Crippen LogP contribution is -2.53. The Labute approximate surface area is 214 Å². The number of benzene rings is 1. The van der Waals surface area contributed by atoms with Gasteiger partial charge >= 0.3 is 0 Å². The van der Waals surface area contributed by atoms with Gasteiger partial charge in [0.2, 0.25) is 0 Å². The molecule has 0 atom stereocenters. The molecule has 176 valence electrons. The minimum absolute atomic E-state index is 0. The van der Waals surface area contributed by atoms with Gasteiger partial charge in [-0.1, -0.05) is 12.1 Å². The standard InChI is InChI=1S/C24H36N6S.HI/c1-19-5-4-6-23(15-19)29-11-13-30(14-12-29)24(25-3)26-16-21-7-9-28(10-8-21)17-22-18-31-20(2)27-22;/h4-6,15,18,21H,7-14,16-17H2,1-3H3,(H,25,26);1H. The third-order valence-corrected chi connectivity index (χ3v) is 7.29. The smallest absolute Gasteiger partial charge is 0.193 e. The summed E-state index contributed by atoms with van der Waals surface area (Å²) in [6.07, 6.45) is 2.49. The van der Waals surface area contributed by atoms with Crippen LogP contribution in [0.3, 0.4) is 0 Å². The predicted molar refractivity (Wildman–Crippen MR) is 147 cm³/mol. The second-order valence-corrected chi connectivity index (χ2v) is 9.88. The average molecular weight is 569 g/mol. The Morgan fingerprint density at radius 1 is 1.12 bits per heavy atom. The monoisotopic (exact) mass is 568 g/mol. The van der Waals surface area contributed by atoms with Crippen LogP contribution in [0.15, 0.2) is 34.6 Å². The van der Waals surface area contributed by atoms with Gasteiger partial charge in [0.05, 0.1) is 10.7 Å². The molecule has 2 aliphatic rings. The second kappa shape index (κ2) is 12.2. The van der Waals surface area contributed by atoms with E-state index in [2.05, 4.69) is 73.5 Å². The summed E-state index contributed by atoms with van der Waals surface area (Å²) in [5.41, 5.74) is 3.89. The highest BCUT2D eigenvalue weighted by Crippen LogP contribution is 2.20. The number of guanidine groups is 1. The molecule has 0 aliphatic carbocycles. The summed E-state index contributed by atoms with van der Waals surface area (Å²) in [5.74, 6) is 1.78. The van der Waals surface area contributed by atoms with Gasteiger partial charge in [0.15, 0.2) is 5.96 Å². The number of thiazole rings is 1. The third-order valence-electron chi connectivity index (χ3n) is 6.47. The number of rotatable bonds is 5. The lowest BCUT2D eigenvalue weighted by molar-refractivity contribution is 0.176. The van der Waals surface area contributed by atoms with Crippen LogP contribution in [0.2, 0.25) is 0 Å². The number of hydrogen-bond donors (Lipinski definition) is 1. The highest BCUT2D eigenvalue weighted by atomic mass is 127. The minimum Gasteiger partial charge on any atom is -0.368 e. The topological polar surface area (TPSA) is 47.0 Å². The van der Waals surface area contributed by atoms with Gasteiger partial charge in [-0.05, 0) is 63.4 Å². The van der Waals surface area contributed by atoms with Crippen molar-refractivity contribution in [3.8, 4) is 0 Å². The highest BCUT2D eigenvalue weighted by Gasteiger charge is 2.23. The van der Waals surface area contributed by atoms with E-state index < -0.39 is 0 Å². The number of aryl methyl sites for hydroxylation is 2. The number of anilines is 1. The minimum atomic E-state index is 0. The summed E-state index contributed by atoms with van der Waals surface area (Å²) in [5, 5.41) is 7.04. The van der Waals surface area contributed by atoms with E-state index in [1.807, 2.05) is 7.05 Å². The van der Waals surface area contributed by atoms with Crippen molar-refractivity contribution < 1.29 is 0 Å². The maximum atomic E-state index is 4.61. The summed E-state index contributed by atoms with van der Waals surface area (Å²) in [6, 6.07) is 8.82. The average Bonchev–Trinajstić information content (AvgIpc) is 3.20. The summed E-state index contributed by atoms with van der Waals surface area (Å²) in [6.45, 7) is 12.7. The number of nitrogens with zero attached hydrogens (tertiary/aromatic N) is 5. The van der Waals surface area contributed by atoms with E-state index in [1.54, 1.807) is 11.3 Å². The molecular weight excluding hydrogens is 531 g/mol. The molecule has 2 saturated heterocycles. The molecule has 2 aliphatic heterocycles. The van der Waals surface area contributed by atoms with Crippen molar-refractivity contribution >= 4 is 47.0 Å². The van der Waals surface area contributed by atoms with Gasteiger partial charge < -0.3 is 15.1 Å². The Kier molecular flexibility index (Phi) is 9.61. The van der Waals surface area contributed by atoms with Crippen molar-refractivity contribution in [3.05, 3.63) is 45.9 Å². The van der Waals surface area contributed by atoms with Crippen LogP contribution in [0.1, 0.15) is 29.1 Å². The summed E-state index contributed by atoms with van der Waals surface area (Å²) in [4.78, 5) is 16.6. The lowest BCUT2D eigenvalue weighted by Gasteiger charge is -2.38. The molecule has 0 unspecified atom stereocenters. The summed E-state index contributed by atoms with van der Waals surface area (Å²) >= 11 is 1.75. The first-order valence-electron chi connectivity index (χ1n) is 11.5. The zero-order valence-electron chi connectivity index (χ0n) is 19.6. The summed E-state index contributed by atoms with van der Waals surface area (Å²) in [7, 11) is 1.91. The Balaban J connectivity index is 0.00000289. The van der Waals surface area contributed by atoms with Crippen molar-refractivity contribution in [3.63, 3.8) is 0 Å². The molecule has 0 bridgehead atoms. The Morgan fingerprint density at radius 3 is 2.50 bits per heavy atom. The van der Waals surface area contributed by atoms with Crippen molar-refractivity contribution in [2.45, 2.75) is 33.2 Å². The number of aromatic nitrogens is 1. The molecular formula is C24H37IN6S. The van der Waals surface area contributed by atoms with E-state index in [9.17, 15) is 0 Å². The molecule has 8 heteroatoms. The molecule has 2 fully saturated rings. The van der Waals surface area contributed by atoms with Crippen LogP contribution in [-0.2, 0) is 6.54 Å². The number of likely N-dealkylation sites (tertiary alicyclic amines) is 1. The quantitative estimate of drug-likeness (QED) is 0.336. The molecule has 0 spiro atoms. The number of hydrogen-bond acceptors (Lipinski definition) is 5. The van der Waals surface area contributed by atoms with E-state index in [-0.39, 0.29) is 24.0 Å². The fourth-order valence-corrected chi connectivity index (χ4v) is 5.23. The van der Waals surface area contributed by atoms with Crippen molar-refractivity contribution in [2.75, 3.05) is 57.8 Å². The van der Waals surface area contributed by atoms with Gasteiger partial charge in [-0.3, -0.25) is 9.89 Å². The van der Waals surface area contributed by atoms with Gasteiger partial charge in [-0.15, -0.1) is 35.3 Å². The first kappa shape index (κ1) is 25.2. The van der Waals surface area contributed by atoms with Crippen molar-refractivity contribution in [1.29, 1.82) is 0 Å². The Bertz CT molecular complexity index is 869. The van der Waals surface area contributed by atoms with E-state index in [0.29, 0.717) is 0 Å². The molecule has 32 heavy (non-hydrogen) atoms. The zero-order chi connectivity index (χ0) is 21.6. The van der Waals surface area contributed by atoms with E-state index in [0.717, 1.165) is 64.2 Å². The van der Waals surface area contributed by atoms with Gasteiger partial charge in [0.25, 0.3) is 0 Å². The lowest BCUT2D eigenvalue weighted by atomic mass is 9.97. The number of aliphatic imine (C=N–C) groups is 1. The normalized spacial score (nSPS) is 18.5. The van der Waals surface area contributed by atoms with Gasteiger partial charge in [-0.2, -0.15) is 0 Å². The molecule has 0 amide bonds. The maximum Gasteiger partial charge on any atom is 0.193 e. The molecule has 1 aromatic carbocycles. The SMILES string of the molecule is CN=C(NCC1CCN(Cc2csc(C)n2)CC1)N1CCN(c2cccc(C)c2)CC1.I. The van der Waals surface area contributed by atoms with Gasteiger partial charge in [0, 0.05) is 57.4 Å². The number of piperidine rings is 1. The number of nitrogens with one attached hydrogen (secondary N) is 1. The van der Waals surface area contributed by atoms with Crippen LogP contribution in [-0.4, -0.2) is 73.6 Å². The van der Waals surface area contributed by atoms with Crippen molar-refractivity contribution in [2.24, 2.45) is 10.9 Å². The molecule has 6 nitrogen and oxygen atoms in total. The second-order valence-electron chi connectivity index (χ2n) is 8.82. The van der Waals surface area contributed by atoms with Crippen LogP contribution in [0.5, 0.6) is 0 Å². The molecule has 0 saturated carbocycles. The molecule has 2 aromatic rings. The van der Waals surface area contributed by atoms with E-state index >= 15 is 0 Å². The van der Waals surface area contributed by atoms with Crippen LogP contribution < -0.4 is 10.2 Å². The number of piperazine rings is 1. The molecule has 1 N–H and O–H groups in total. The molecule has 1 aromatic heterocycles. The van der Waals surface area contributed by atoms with Crippen molar-refractivity contribution in [1.82, 2.24) is 20.1 Å². The highest BCUT2D eigenvalue weighted by molar-refractivity contribution is 14.0. The van der Waals surface area contributed by atoms with Gasteiger partial charge in [0.1, 0.15) is 0 Å². The van der Waals surface area contributed by atoms with Crippen LogP contribution in [0.4, 0.5) is 5.69 Å². The molecule has 4 rings (SSSR count). The number of halogens is 1. The Morgan fingerprint density at radius 2 is 1.88 bits per heavy atom. The molecule has 0 radical (unpaired) electrons. The zero-order valence-corrected chi connectivity index (χ0v) is 22.7. The maximum absolute atomic E-state index is 4.61. The fraction of sp³-hybridized carbons (Fsp3) is 0.583. The molecule has 3 heterocycles. The first-order chi connectivity index (χ1) is 15.1. The van der Waals surface area contributed by atoms with E-state index in [1.165, 1.54) is 34.8 Å². The van der Waals surface area contributed by atoms with Crippen LogP contribution >= 0.6 is 35.3 Å². The van der Waals surface area contributed by atoms with E-state index in [4.69, 9.17) is 0 Å². The Hall–Kier alpha value is -1.39. The summed E-state index contributed by atoms with van der Waals surface area (Å²) < 4.78 is 0. The van der Waals surface area contributed by atoms with Crippen LogP contribution in [0.25, 0.3) is 0 Å². The predicted octanol–water partition coefficient (Wildman–Crippen LogP) is 3.99. The fourth-order valence-electron chi connectivity index (χ4n) is 4.63. The largest absolute Gasteiger partial charge is 0.368 e.